The van der Waals surface area contributed by atoms with Crippen molar-refractivity contribution in [2.45, 2.75) is 18.9 Å². The number of hydrogen-bond donors (Lipinski definition) is 2. The highest BCUT2D eigenvalue weighted by Crippen LogP contribution is 2.31. The number of carboxylic acid groups (broad SMARTS) is 1. The molecule has 0 saturated heterocycles. The van der Waals surface area contributed by atoms with E-state index >= 15 is 0 Å². The van der Waals surface area contributed by atoms with Gasteiger partial charge in [0, 0.05) is 17.8 Å². The molecule has 2 rings (SSSR count). The third-order valence-corrected chi connectivity index (χ3v) is 2.93. The number of nitrogens with one attached hydrogen (secondary N) is 1. The minimum absolute atomic E-state index is 0.178. The fraction of sp³-hybridized carbons (Fsp3) is 0.417. The van der Waals surface area contributed by atoms with Crippen LogP contribution in [-0.2, 0) is 4.79 Å². The van der Waals surface area contributed by atoms with Crippen LogP contribution in [0.1, 0.15) is 12.8 Å². The summed E-state index contributed by atoms with van der Waals surface area (Å²) in [6, 6.07) is 7.93. The Kier molecular flexibility index (Phi) is 2.99. The lowest BCUT2D eigenvalue weighted by Gasteiger charge is -2.33. The van der Waals surface area contributed by atoms with Gasteiger partial charge in [-0.2, -0.15) is 0 Å². The summed E-state index contributed by atoms with van der Waals surface area (Å²) in [7, 11) is 1.63. The number of hydrogen-bond acceptors (Lipinski definition) is 3. The minimum atomic E-state index is -0.691. The van der Waals surface area contributed by atoms with E-state index < -0.39 is 5.97 Å². The van der Waals surface area contributed by atoms with E-state index in [-0.39, 0.29) is 12.0 Å². The van der Waals surface area contributed by atoms with Crippen LogP contribution in [0.15, 0.2) is 24.3 Å². The molecule has 0 aliphatic heterocycles. The van der Waals surface area contributed by atoms with E-state index in [0.29, 0.717) is 12.8 Å². The molecule has 1 aliphatic carbocycles. The number of aliphatic carboxylic acids is 1. The second-order valence-corrected chi connectivity index (χ2v) is 4.08. The maximum atomic E-state index is 10.6. The normalized spacial score (nSPS) is 23.3. The summed E-state index contributed by atoms with van der Waals surface area (Å²) >= 11 is 0. The van der Waals surface area contributed by atoms with Crippen molar-refractivity contribution in [2.24, 2.45) is 5.92 Å². The van der Waals surface area contributed by atoms with Gasteiger partial charge in [0.2, 0.25) is 0 Å². The van der Waals surface area contributed by atoms with Gasteiger partial charge in [0.1, 0.15) is 5.75 Å². The maximum absolute atomic E-state index is 10.6. The van der Waals surface area contributed by atoms with Crippen LogP contribution in [0.4, 0.5) is 5.69 Å². The molecule has 1 fully saturated rings. The Bertz CT molecular complexity index is 386. The van der Waals surface area contributed by atoms with Gasteiger partial charge in [0.15, 0.2) is 0 Å². The Hall–Kier alpha value is -1.71. The molecule has 1 aromatic rings. The van der Waals surface area contributed by atoms with Gasteiger partial charge < -0.3 is 15.2 Å². The third-order valence-electron chi connectivity index (χ3n) is 2.93. The van der Waals surface area contributed by atoms with Gasteiger partial charge in [-0.15, -0.1) is 0 Å². The average Bonchev–Trinajstić information content (AvgIpc) is 2.22. The SMILES string of the molecule is COc1cccc(NC2CC(C(=O)O)C2)c1. The Morgan fingerprint density at radius 2 is 2.25 bits per heavy atom. The van der Waals surface area contributed by atoms with Crippen LogP contribution >= 0.6 is 0 Å². The first-order valence-corrected chi connectivity index (χ1v) is 5.32. The summed E-state index contributed by atoms with van der Waals surface area (Å²) < 4.78 is 5.11. The monoisotopic (exact) mass is 221 g/mol. The zero-order valence-corrected chi connectivity index (χ0v) is 9.14. The Morgan fingerprint density at radius 1 is 1.50 bits per heavy atom. The van der Waals surface area contributed by atoms with E-state index in [4.69, 9.17) is 9.84 Å². The largest absolute Gasteiger partial charge is 0.497 e. The summed E-state index contributed by atoms with van der Waals surface area (Å²) in [6.07, 6.45) is 1.40. The van der Waals surface area contributed by atoms with Crippen molar-refractivity contribution < 1.29 is 14.6 Å². The summed E-state index contributed by atoms with van der Waals surface area (Å²) in [5.41, 5.74) is 0.980. The van der Waals surface area contributed by atoms with E-state index in [1.54, 1.807) is 7.11 Å². The third kappa shape index (κ3) is 2.27. The van der Waals surface area contributed by atoms with Gasteiger partial charge in [0.25, 0.3) is 0 Å². The molecule has 0 unspecified atom stereocenters. The van der Waals surface area contributed by atoms with Crippen LogP contribution < -0.4 is 10.1 Å². The highest BCUT2D eigenvalue weighted by molar-refractivity contribution is 5.71. The highest BCUT2D eigenvalue weighted by Gasteiger charge is 2.34. The summed E-state index contributed by atoms with van der Waals surface area (Å²) in [5.74, 6) is -0.0640. The maximum Gasteiger partial charge on any atom is 0.306 e. The van der Waals surface area contributed by atoms with Crippen LogP contribution in [0.3, 0.4) is 0 Å². The van der Waals surface area contributed by atoms with Gasteiger partial charge >= 0.3 is 5.97 Å². The van der Waals surface area contributed by atoms with E-state index in [1.807, 2.05) is 24.3 Å². The lowest BCUT2D eigenvalue weighted by Crippen LogP contribution is -2.39. The lowest BCUT2D eigenvalue weighted by molar-refractivity contribution is -0.144. The van der Waals surface area contributed by atoms with Crippen molar-refractivity contribution in [3.8, 4) is 5.75 Å². The van der Waals surface area contributed by atoms with Crippen molar-refractivity contribution in [1.29, 1.82) is 0 Å². The quantitative estimate of drug-likeness (QED) is 0.816. The van der Waals surface area contributed by atoms with Crippen LogP contribution in [0.2, 0.25) is 0 Å². The Morgan fingerprint density at radius 3 is 2.88 bits per heavy atom. The first-order valence-electron chi connectivity index (χ1n) is 5.32. The number of benzene rings is 1. The molecule has 1 saturated carbocycles. The molecular formula is C12H15NO3. The van der Waals surface area contributed by atoms with Gasteiger partial charge in [-0.05, 0) is 25.0 Å². The van der Waals surface area contributed by atoms with Crippen molar-refractivity contribution in [3.05, 3.63) is 24.3 Å². The van der Waals surface area contributed by atoms with Gasteiger partial charge in [-0.3, -0.25) is 4.79 Å². The molecule has 0 amide bonds. The fourth-order valence-corrected chi connectivity index (χ4v) is 1.89. The summed E-state index contributed by atoms with van der Waals surface area (Å²) in [6.45, 7) is 0. The standard InChI is InChI=1S/C12H15NO3/c1-16-11-4-2-3-9(7-11)13-10-5-8(6-10)12(14)15/h2-4,7-8,10,13H,5-6H2,1H3,(H,14,15). The molecular weight excluding hydrogens is 206 g/mol. The van der Waals surface area contributed by atoms with E-state index in [1.165, 1.54) is 0 Å². The molecule has 4 nitrogen and oxygen atoms in total. The number of carbonyl (C=O) groups is 1. The topological polar surface area (TPSA) is 58.6 Å². The van der Waals surface area contributed by atoms with E-state index in [0.717, 1.165) is 11.4 Å². The lowest BCUT2D eigenvalue weighted by atomic mass is 9.80. The fourth-order valence-electron chi connectivity index (χ4n) is 1.89. The number of ether oxygens (including phenoxy) is 1. The molecule has 0 atom stereocenters. The smallest absolute Gasteiger partial charge is 0.306 e. The molecule has 16 heavy (non-hydrogen) atoms. The molecule has 0 aromatic heterocycles. The van der Waals surface area contributed by atoms with Gasteiger partial charge in [-0.1, -0.05) is 6.07 Å². The second-order valence-electron chi connectivity index (χ2n) is 4.08. The van der Waals surface area contributed by atoms with Crippen LogP contribution in [0, 0.1) is 5.92 Å². The van der Waals surface area contributed by atoms with Crippen LogP contribution in [0.5, 0.6) is 5.75 Å². The second kappa shape index (κ2) is 4.43. The van der Waals surface area contributed by atoms with Crippen molar-refractivity contribution >= 4 is 11.7 Å². The Labute approximate surface area is 94.2 Å². The van der Waals surface area contributed by atoms with Gasteiger partial charge in [-0.25, -0.2) is 0 Å². The summed E-state index contributed by atoms with van der Waals surface area (Å²) in [5, 5.41) is 12.0. The number of carboxylic acids is 1. The van der Waals surface area contributed by atoms with Crippen molar-refractivity contribution in [3.63, 3.8) is 0 Å². The molecule has 2 N–H and O–H groups in total. The predicted molar refractivity (Wildman–Crippen MR) is 60.8 cm³/mol. The van der Waals surface area contributed by atoms with Crippen molar-refractivity contribution in [2.75, 3.05) is 12.4 Å². The van der Waals surface area contributed by atoms with E-state index in [9.17, 15) is 4.79 Å². The number of rotatable bonds is 4. The van der Waals surface area contributed by atoms with Crippen molar-refractivity contribution in [1.82, 2.24) is 0 Å². The summed E-state index contributed by atoms with van der Waals surface area (Å²) in [4.78, 5) is 10.6. The molecule has 4 heteroatoms. The molecule has 86 valence electrons. The average molecular weight is 221 g/mol. The van der Waals surface area contributed by atoms with Crippen LogP contribution in [-0.4, -0.2) is 24.2 Å². The van der Waals surface area contributed by atoms with E-state index in [2.05, 4.69) is 5.32 Å². The number of methoxy groups -OCH3 is 1. The zero-order chi connectivity index (χ0) is 11.5. The zero-order valence-electron chi connectivity index (χ0n) is 9.14. The first kappa shape index (κ1) is 10.8. The molecule has 0 radical (unpaired) electrons. The predicted octanol–water partition coefficient (Wildman–Crippen LogP) is 1.97. The molecule has 0 bridgehead atoms. The minimum Gasteiger partial charge on any atom is -0.497 e. The molecule has 0 heterocycles. The molecule has 0 spiro atoms. The number of anilines is 1. The van der Waals surface area contributed by atoms with Gasteiger partial charge in [0.05, 0.1) is 13.0 Å². The Balaban J connectivity index is 1.89. The van der Waals surface area contributed by atoms with Crippen LogP contribution in [0.25, 0.3) is 0 Å². The molecule has 1 aliphatic rings. The molecule has 1 aromatic carbocycles. The first-order chi connectivity index (χ1) is 7.69. The highest BCUT2D eigenvalue weighted by atomic mass is 16.5.